The van der Waals surface area contributed by atoms with Gasteiger partial charge in [0, 0.05) is 17.0 Å². The Bertz CT molecular complexity index is 1070. The first kappa shape index (κ1) is 21.4. The predicted octanol–water partition coefficient (Wildman–Crippen LogP) is 4.46. The number of anilines is 1. The molecule has 2 aromatic heterocycles. The van der Waals surface area contributed by atoms with Gasteiger partial charge in [-0.3, -0.25) is 10.1 Å². The number of alkyl halides is 2. The molecule has 0 radical (unpaired) electrons. The third-order valence-corrected chi connectivity index (χ3v) is 4.53. The number of fused-ring (bicyclic) bond motifs is 1. The molecule has 0 aliphatic carbocycles. The molecule has 9 nitrogen and oxygen atoms in total. The fourth-order valence-corrected chi connectivity index (χ4v) is 3.24. The van der Waals surface area contributed by atoms with Gasteiger partial charge in [0.05, 0.1) is 35.4 Å². The molecule has 0 saturated heterocycles. The quantitative estimate of drug-likeness (QED) is 0.418. The highest BCUT2D eigenvalue weighted by Gasteiger charge is 2.24. The standard InChI is InChI=1S/C19H20F2N4O5/c1-9(8-29-19(20)21)23-18-12-6-16(28-4)13(17-10(2)24-30-11(17)3)5-14(12)22-7-15(18)25(26)27/h5-7,9,19H,8H2,1-4H3,(H,22,23)/t9-/m1/s1. The highest BCUT2D eigenvalue weighted by atomic mass is 19.3. The van der Waals surface area contributed by atoms with Gasteiger partial charge < -0.3 is 19.3 Å². The third kappa shape index (κ3) is 4.15. The first-order chi connectivity index (χ1) is 14.2. The maximum atomic E-state index is 12.3. The van der Waals surface area contributed by atoms with Gasteiger partial charge in [0.25, 0.3) is 0 Å². The van der Waals surface area contributed by atoms with E-state index in [-0.39, 0.29) is 18.0 Å². The Kier molecular flexibility index (Phi) is 6.11. The maximum absolute atomic E-state index is 12.3. The first-order valence-corrected chi connectivity index (χ1v) is 8.97. The van der Waals surface area contributed by atoms with Gasteiger partial charge >= 0.3 is 12.3 Å². The van der Waals surface area contributed by atoms with E-state index in [9.17, 15) is 18.9 Å². The lowest BCUT2D eigenvalue weighted by Crippen LogP contribution is -2.23. The van der Waals surface area contributed by atoms with Crippen molar-refractivity contribution >= 4 is 22.3 Å². The van der Waals surface area contributed by atoms with Crippen LogP contribution in [-0.2, 0) is 4.74 Å². The summed E-state index contributed by atoms with van der Waals surface area (Å²) in [7, 11) is 1.47. The Balaban J connectivity index is 2.16. The third-order valence-electron chi connectivity index (χ3n) is 4.53. The molecule has 1 atom stereocenters. The van der Waals surface area contributed by atoms with Gasteiger partial charge in [-0.05, 0) is 32.9 Å². The van der Waals surface area contributed by atoms with Gasteiger partial charge in [-0.25, -0.2) is 4.98 Å². The number of nitrogens with zero attached hydrogens (tertiary/aromatic N) is 3. The summed E-state index contributed by atoms with van der Waals surface area (Å²) >= 11 is 0. The maximum Gasteiger partial charge on any atom is 0.345 e. The van der Waals surface area contributed by atoms with E-state index in [0.717, 1.165) is 11.8 Å². The highest BCUT2D eigenvalue weighted by molar-refractivity contribution is 6.00. The number of methoxy groups -OCH3 is 1. The molecule has 0 spiro atoms. The normalized spacial score (nSPS) is 12.4. The predicted molar refractivity (Wildman–Crippen MR) is 105 cm³/mol. The summed E-state index contributed by atoms with van der Waals surface area (Å²) in [5, 5.41) is 18.8. The second kappa shape index (κ2) is 8.57. The van der Waals surface area contributed by atoms with E-state index in [4.69, 9.17) is 9.26 Å². The molecule has 0 fully saturated rings. The Morgan fingerprint density at radius 3 is 2.63 bits per heavy atom. The van der Waals surface area contributed by atoms with Crippen LogP contribution in [0.4, 0.5) is 20.2 Å². The lowest BCUT2D eigenvalue weighted by atomic mass is 10.00. The molecule has 0 saturated carbocycles. The molecule has 11 heteroatoms. The van der Waals surface area contributed by atoms with Crippen LogP contribution in [0.3, 0.4) is 0 Å². The number of hydrogen-bond acceptors (Lipinski definition) is 8. The molecule has 0 aliphatic rings. The van der Waals surface area contributed by atoms with Crippen LogP contribution in [-0.4, -0.2) is 41.4 Å². The van der Waals surface area contributed by atoms with E-state index in [1.807, 2.05) is 0 Å². The number of hydrogen-bond donors (Lipinski definition) is 1. The molecule has 3 rings (SSSR count). The summed E-state index contributed by atoms with van der Waals surface area (Å²) in [6.07, 6.45) is 1.12. The van der Waals surface area contributed by atoms with Crippen LogP contribution >= 0.6 is 0 Å². The van der Waals surface area contributed by atoms with Crippen LogP contribution in [0.15, 0.2) is 22.9 Å². The van der Waals surface area contributed by atoms with Gasteiger partial charge in [-0.1, -0.05) is 5.16 Å². The molecule has 30 heavy (non-hydrogen) atoms. The number of nitro groups is 1. The van der Waals surface area contributed by atoms with E-state index in [0.29, 0.717) is 33.7 Å². The minimum atomic E-state index is -2.93. The van der Waals surface area contributed by atoms with Crippen LogP contribution in [0.25, 0.3) is 22.0 Å². The van der Waals surface area contributed by atoms with Crippen LogP contribution in [0, 0.1) is 24.0 Å². The Labute approximate surface area is 170 Å². The van der Waals surface area contributed by atoms with E-state index in [2.05, 4.69) is 20.2 Å². The van der Waals surface area contributed by atoms with E-state index in [1.165, 1.54) is 7.11 Å². The minimum Gasteiger partial charge on any atom is -0.496 e. The number of nitrogens with one attached hydrogen (secondary N) is 1. The largest absolute Gasteiger partial charge is 0.496 e. The average molecular weight is 422 g/mol. The number of halogens is 2. The molecular formula is C19H20F2N4O5. The summed E-state index contributed by atoms with van der Waals surface area (Å²) in [5.74, 6) is 1.02. The van der Waals surface area contributed by atoms with Crippen molar-refractivity contribution in [3.63, 3.8) is 0 Å². The van der Waals surface area contributed by atoms with Gasteiger partial charge in [0.2, 0.25) is 0 Å². The van der Waals surface area contributed by atoms with Crippen LogP contribution < -0.4 is 10.1 Å². The molecular weight excluding hydrogens is 402 g/mol. The first-order valence-electron chi connectivity index (χ1n) is 8.97. The molecule has 0 aliphatic heterocycles. The van der Waals surface area contributed by atoms with Gasteiger partial charge in [-0.15, -0.1) is 0 Å². The number of benzene rings is 1. The van der Waals surface area contributed by atoms with Crippen LogP contribution in [0.2, 0.25) is 0 Å². The molecule has 3 aromatic rings. The van der Waals surface area contributed by atoms with Crippen molar-refractivity contribution in [2.24, 2.45) is 0 Å². The second-order valence-electron chi connectivity index (χ2n) is 6.68. The minimum absolute atomic E-state index is 0.138. The molecule has 0 unspecified atom stereocenters. The Hall–Kier alpha value is -3.34. The van der Waals surface area contributed by atoms with E-state index < -0.39 is 17.6 Å². The summed E-state index contributed by atoms with van der Waals surface area (Å²) in [5.41, 5.74) is 2.35. The van der Waals surface area contributed by atoms with Crippen molar-refractivity contribution in [3.8, 4) is 16.9 Å². The SMILES string of the molecule is COc1cc2c(N[C@H](C)COC(F)F)c([N+](=O)[O-])cnc2cc1-c1c(C)noc1C. The smallest absolute Gasteiger partial charge is 0.345 e. The van der Waals surface area contributed by atoms with Crippen molar-refractivity contribution in [2.45, 2.75) is 33.4 Å². The van der Waals surface area contributed by atoms with Crippen molar-refractivity contribution in [1.29, 1.82) is 0 Å². The van der Waals surface area contributed by atoms with Crippen molar-refractivity contribution in [1.82, 2.24) is 10.1 Å². The van der Waals surface area contributed by atoms with E-state index in [1.54, 1.807) is 32.9 Å². The Morgan fingerprint density at radius 1 is 1.33 bits per heavy atom. The van der Waals surface area contributed by atoms with Gasteiger partial charge in [0.1, 0.15) is 23.4 Å². The number of rotatable bonds is 8. The number of aromatic nitrogens is 2. The molecule has 1 N–H and O–H groups in total. The van der Waals surface area contributed by atoms with Crippen LogP contribution in [0.5, 0.6) is 5.75 Å². The zero-order valence-electron chi connectivity index (χ0n) is 16.7. The fourth-order valence-electron chi connectivity index (χ4n) is 3.24. The van der Waals surface area contributed by atoms with Gasteiger partial charge in [-0.2, -0.15) is 8.78 Å². The van der Waals surface area contributed by atoms with Gasteiger partial charge in [0.15, 0.2) is 0 Å². The highest BCUT2D eigenvalue weighted by Crippen LogP contribution is 2.41. The van der Waals surface area contributed by atoms with Crippen molar-refractivity contribution in [3.05, 3.63) is 39.9 Å². The summed E-state index contributed by atoms with van der Waals surface area (Å²) in [4.78, 5) is 15.2. The van der Waals surface area contributed by atoms with Crippen LogP contribution in [0.1, 0.15) is 18.4 Å². The molecule has 0 amide bonds. The average Bonchev–Trinajstić information content (AvgIpc) is 3.03. The molecule has 2 heterocycles. The lowest BCUT2D eigenvalue weighted by molar-refractivity contribution is -0.384. The fraction of sp³-hybridized carbons (Fsp3) is 0.368. The van der Waals surface area contributed by atoms with Crippen molar-refractivity contribution in [2.75, 3.05) is 19.0 Å². The molecule has 1 aromatic carbocycles. The summed E-state index contributed by atoms with van der Waals surface area (Å²) in [6.45, 7) is 1.85. The zero-order valence-corrected chi connectivity index (χ0v) is 16.7. The topological polar surface area (TPSA) is 113 Å². The summed E-state index contributed by atoms with van der Waals surface area (Å²) < 4.78 is 39.7. The zero-order chi connectivity index (χ0) is 22.0. The number of pyridine rings is 1. The molecule has 160 valence electrons. The number of aryl methyl sites for hydroxylation is 2. The second-order valence-corrected chi connectivity index (χ2v) is 6.68. The van der Waals surface area contributed by atoms with Crippen molar-refractivity contribution < 1.29 is 27.7 Å². The lowest BCUT2D eigenvalue weighted by Gasteiger charge is -2.18. The Morgan fingerprint density at radius 2 is 2.07 bits per heavy atom. The monoisotopic (exact) mass is 422 g/mol. The number of ether oxygens (including phenoxy) is 2. The molecule has 0 bridgehead atoms. The summed E-state index contributed by atoms with van der Waals surface area (Å²) in [6, 6.07) is 2.70. The van der Waals surface area contributed by atoms with E-state index >= 15 is 0 Å².